The maximum absolute atomic E-state index is 2.66. The van der Waals surface area contributed by atoms with Crippen LogP contribution in [0.5, 0.6) is 0 Å². The number of anilines is 6. The number of fused-ring (bicyclic) bond motifs is 24. The molecule has 2 aliphatic heterocycles. The van der Waals surface area contributed by atoms with Gasteiger partial charge >= 0.3 is 0 Å². The summed E-state index contributed by atoms with van der Waals surface area (Å²) in [5.41, 5.74) is 33.6. The molecule has 0 N–H and O–H groups in total. The minimum Gasteiger partial charge on any atom is -0.311 e. The van der Waals surface area contributed by atoms with E-state index in [4.69, 9.17) is 0 Å². The maximum Gasteiger partial charge on any atom is 0.252 e. The summed E-state index contributed by atoms with van der Waals surface area (Å²) in [5, 5.41) is 0. The highest BCUT2D eigenvalue weighted by Gasteiger charge is 2.56. The summed E-state index contributed by atoms with van der Waals surface area (Å²) in [4.78, 5) is 5.32. The summed E-state index contributed by atoms with van der Waals surface area (Å²) in [6, 6.07) is 104. The molecule has 0 radical (unpaired) electrons. The second-order valence-corrected chi connectivity index (χ2v) is 21.7. The normalized spacial score (nSPS) is 14.9. The summed E-state index contributed by atoms with van der Waals surface area (Å²) >= 11 is 0. The molecule has 0 amide bonds. The summed E-state index contributed by atoms with van der Waals surface area (Å²) in [6.45, 7) is -0.0599. The Kier molecular flexibility index (Phi) is 8.11. The van der Waals surface area contributed by atoms with Crippen molar-refractivity contribution in [2.75, 3.05) is 9.80 Å². The van der Waals surface area contributed by atoms with E-state index in [0.717, 1.165) is 0 Å². The van der Waals surface area contributed by atoms with Gasteiger partial charge < -0.3 is 9.80 Å². The molecule has 2 heterocycles. The molecule has 0 atom stereocenters. The van der Waals surface area contributed by atoms with Gasteiger partial charge in [0.15, 0.2) is 0 Å². The van der Waals surface area contributed by atoms with E-state index >= 15 is 0 Å². The van der Waals surface area contributed by atoms with Crippen LogP contribution in [-0.2, 0) is 10.8 Å². The van der Waals surface area contributed by atoms with Crippen LogP contribution in [0.4, 0.5) is 34.1 Å². The van der Waals surface area contributed by atoms with Gasteiger partial charge in [0.25, 0.3) is 6.71 Å². The highest BCUT2D eigenvalue weighted by atomic mass is 15.2. The Hall–Kier alpha value is -9.70. The van der Waals surface area contributed by atoms with Crippen LogP contribution in [0.3, 0.4) is 0 Å². The molecule has 18 rings (SSSR count). The molecule has 12 aromatic carbocycles. The standard InChI is InChI=1S/C74H45BN2/c1-2-21-46(22-3-1)47-43-44-65-63(45-47)75-62-37-16-17-38-64(62)76(66-39-18-29-54-52-27-8-14-35-60(52)73(70(54)66)56-31-10-4-23-48(56)49-24-5-11-32-57(49)73)68-41-20-42-69(72(68)75)77(65)67-40-19-30-55-53-28-9-15-36-61(53)74(71(55)67)58-33-12-6-25-50(58)51-26-7-13-34-59(51)74/h1-45H. The number of rotatable bonds is 3. The van der Waals surface area contributed by atoms with E-state index in [2.05, 4.69) is 283 Å². The van der Waals surface area contributed by atoms with Crippen molar-refractivity contribution in [3.8, 4) is 55.6 Å². The van der Waals surface area contributed by atoms with Crippen LogP contribution < -0.4 is 26.2 Å². The lowest BCUT2D eigenvalue weighted by atomic mass is 9.33. The van der Waals surface area contributed by atoms with Gasteiger partial charge in [0.2, 0.25) is 0 Å². The summed E-state index contributed by atoms with van der Waals surface area (Å²) in [5.74, 6) is 0. The smallest absolute Gasteiger partial charge is 0.252 e. The zero-order valence-electron chi connectivity index (χ0n) is 42.0. The molecule has 3 heteroatoms. The van der Waals surface area contributed by atoms with Crippen molar-refractivity contribution in [1.82, 2.24) is 0 Å². The van der Waals surface area contributed by atoms with Crippen LogP contribution >= 0.6 is 0 Å². The largest absolute Gasteiger partial charge is 0.311 e. The van der Waals surface area contributed by atoms with Gasteiger partial charge in [-0.15, -0.1) is 0 Å². The topological polar surface area (TPSA) is 6.48 Å². The molecular formula is C74H45BN2. The van der Waals surface area contributed by atoms with Gasteiger partial charge in [-0.3, -0.25) is 0 Å². The quantitative estimate of drug-likeness (QED) is 0.163. The van der Waals surface area contributed by atoms with Crippen LogP contribution in [0.1, 0.15) is 44.5 Å². The predicted octanol–water partition coefficient (Wildman–Crippen LogP) is 16.1. The van der Waals surface area contributed by atoms with Gasteiger partial charge in [-0.2, -0.15) is 0 Å². The molecule has 2 nitrogen and oxygen atoms in total. The van der Waals surface area contributed by atoms with Crippen LogP contribution in [0, 0.1) is 0 Å². The zero-order chi connectivity index (χ0) is 50.1. The predicted molar refractivity (Wildman–Crippen MR) is 318 cm³/mol. The molecule has 0 fully saturated rings. The molecule has 0 bridgehead atoms. The third-order valence-electron chi connectivity index (χ3n) is 18.5. The molecule has 6 aliphatic rings. The highest BCUT2D eigenvalue weighted by Crippen LogP contribution is 2.67. The highest BCUT2D eigenvalue weighted by molar-refractivity contribution is 7.00. The van der Waals surface area contributed by atoms with Crippen LogP contribution in [0.2, 0.25) is 0 Å². The molecule has 0 aromatic heterocycles. The molecule has 4 aliphatic carbocycles. The molecule has 0 saturated heterocycles. The van der Waals surface area contributed by atoms with Gasteiger partial charge in [-0.1, -0.05) is 237 Å². The Morgan fingerprint density at radius 3 is 1.04 bits per heavy atom. The van der Waals surface area contributed by atoms with E-state index in [9.17, 15) is 0 Å². The van der Waals surface area contributed by atoms with Gasteiger partial charge in [0.1, 0.15) is 0 Å². The monoisotopic (exact) mass is 972 g/mol. The summed E-state index contributed by atoms with van der Waals surface area (Å²) in [7, 11) is 0. The minimum absolute atomic E-state index is 0.0599. The van der Waals surface area contributed by atoms with Gasteiger partial charge in [-0.05, 0) is 142 Å². The minimum atomic E-state index is -0.550. The Morgan fingerprint density at radius 1 is 0.234 bits per heavy atom. The number of para-hydroxylation sites is 1. The van der Waals surface area contributed by atoms with E-state index in [0.29, 0.717) is 0 Å². The summed E-state index contributed by atoms with van der Waals surface area (Å²) < 4.78 is 0. The van der Waals surface area contributed by atoms with E-state index < -0.39 is 10.8 Å². The van der Waals surface area contributed by atoms with Gasteiger partial charge in [0, 0.05) is 33.9 Å². The molecule has 12 aromatic rings. The summed E-state index contributed by atoms with van der Waals surface area (Å²) in [6.07, 6.45) is 0. The van der Waals surface area contributed by atoms with Crippen LogP contribution in [-0.4, -0.2) is 6.71 Å². The Balaban J connectivity index is 0.949. The van der Waals surface area contributed by atoms with Crippen molar-refractivity contribution in [2.45, 2.75) is 10.8 Å². The maximum atomic E-state index is 2.66. The van der Waals surface area contributed by atoms with Crippen LogP contribution in [0.25, 0.3) is 55.6 Å². The van der Waals surface area contributed by atoms with E-state index in [1.54, 1.807) is 0 Å². The van der Waals surface area contributed by atoms with E-state index in [1.807, 2.05) is 0 Å². The van der Waals surface area contributed by atoms with Crippen molar-refractivity contribution in [2.24, 2.45) is 0 Å². The lowest BCUT2D eigenvalue weighted by molar-refractivity contribution is 0.792. The zero-order valence-corrected chi connectivity index (χ0v) is 42.0. The number of nitrogens with zero attached hydrogens (tertiary/aromatic N) is 2. The first-order chi connectivity index (χ1) is 38.3. The van der Waals surface area contributed by atoms with Crippen molar-refractivity contribution < 1.29 is 0 Å². The van der Waals surface area contributed by atoms with Crippen molar-refractivity contribution >= 4 is 57.2 Å². The fourth-order valence-corrected chi connectivity index (χ4v) is 15.9. The average Bonchev–Trinajstić information content (AvgIpc) is 4.39. The lowest BCUT2D eigenvalue weighted by Gasteiger charge is -2.46. The second kappa shape index (κ2) is 15.0. The molecule has 77 heavy (non-hydrogen) atoms. The molecule has 2 spiro atoms. The Morgan fingerprint density at radius 2 is 0.571 bits per heavy atom. The number of hydrogen-bond acceptors (Lipinski definition) is 2. The Labute approximate surface area is 448 Å². The van der Waals surface area contributed by atoms with Crippen LogP contribution in [0.15, 0.2) is 273 Å². The van der Waals surface area contributed by atoms with Crippen molar-refractivity contribution in [3.63, 3.8) is 0 Å². The van der Waals surface area contributed by atoms with Gasteiger partial charge in [0.05, 0.1) is 22.2 Å². The second-order valence-electron chi connectivity index (χ2n) is 21.7. The van der Waals surface area contributed by atoms with Crippen molar-refractivity contribution in [3.05, 3.63) is 317 Å². The van der Waals surface area contributed by atoms with E-state index in [-0.39, 0.29) is 6.71 Å². The first-order valence-corrected chi connectivity index (χ1v) is 27.1. The van der Waals surface area contributed by atoms with Gasteiger partial charge in [-0.25, -0.2) is 0 Å². The average molecular weight is 973 g/mol. The fourth-order valence-electron chi connectivity index (χ4n) is 15.9. The fraction of sp³-hybridized carbons (Fsp3) is 0.0270. The van der Waals surface area contributed by atoms with Crippen molar-refractivity contribution in [1.29, 1.82) is 0 Å². The molecule has 0 saturated carbocycles. The lowest BCUT2D eigenvalue weighted by Crippen LogP contribution is -2.61. The molecule has 0 unspecified atom stereocenters. The van der Waals surface area contributed by atoms with E-state index in [1.165, 1.54) is 151 Å². The number of hydrogen-bond donors (Lipinski definition) is 0. The number of benzene rings is 12. The SMILES string of the molecule is c1ccc(-c2ccc3c(c2)B2c4ccccc4N(c4cccc5c4C4(c6ccccc6-c6ccccc64)c4ccccc4-5)c4cccc(c42)N3c2cccc3c2C2(c4ccccc4-c4ccccc42)c2ccccc2-3)cc1. The first kappa shape index (κ1) is 41.6. The first-order valence-electron chi connectivity index (χ1n) is 27.1. The molecular weight excluding hydrogens is 928 g/mol. The Bertz CT molecular complexity index is 4430. The third kappa shape index (κ3) is 4.99. The molecule has 354 valence electrons. The third-order valence-corrected chi connectivity index (χ3v) is 18.5.